The molecule has 0 bridgehead atoms. The zero-order valence-electron chi connectivity index (χ0n) is 27.1. The minimum Gasteiger partial charge on any atom is -0.495 e. The molecular formula is C38H33NO8S. The van der Waals surface area contributed by atoms with Gasteiger partial charge in [0, 0.05) is 16.7 Å². The Morgan fingerprint density at radius 3 is 2.38 bits per heavy atom. The highest BCUT2D eigenvalue weighted by Gasteiger charge is 2.30. The molecule has 0 spiro atoms. The second kappa shape index (κ2) is 12.6. The Morgan fingerprint density at radius 1 is 0.938 bits per heavy atom. The van der Waals surface area contributed by atoms with Crippen LogP contribution in [0.4, 0.5) is 5.69 Å². The van der Waals surface area contributed by atoms with E-state index in [9.17, 15) is 18.0 Å². The molecule has 1 aromatic heterocycles. The average molecular weight is 664 g/mol. The monoisotopic (exact) mass is 663 g/mol. The first kappa shape index (κ1) is 32.4. The molecule has 0 unspecified atom stereocenters. The van der Waals surface area contributed by atoms with E-state index < -0.39 is 33.1 Å². The second-order valence-electron chi connectivity index (χ2n) is 12.2. The van der Waals surface area contributed by atoms with Gasteiger partial charge in [0.1, 0.15) is 27.6 Å². The maximum atomic E-state index is 13.7. The van der Waals surface area contributed by atoms with Gasteiger partial charge < -0.3 is 23.4 Å². The Labute approximate surface area is 278 Å². The van der Waals surface area contributed by atoms with E-state index in [1.807, 2.05) is 51.1 Å². The van der Waals surface area contributed by atoms with Gasteiger partial charge in [-0.1, -0.05) is 47.7 Å². The number of aryl methyl sites for hydroxylation is 3. The number of carbonyl (C=O) groups is 1. The Hall–Kier alpha value is -5.53. The van der Waals surface area contributed by atoms with Crippen molar-refractivity contribution in [2.24, 2.45) is 0 Å². The smallest absolute Gasteiger partial charge is 0.364 e. The van der Waals surface area contributed by atoms with Gasteiger partial charge >= 0.3 is 15.7 Å². The molecule has 1 aliphatic rings. The normalized spacial score (nSPS) is 13.4. The highest BCUT2D eigenvalue weighted by molar-refractivity contribution is 7.87. The molecule has 0 saturated carbocycles. The summed E-state index contributed by atoms with van der Waals surface area (Å²) in [5.41, 5.74) is 1.62. The zero-order valence-corrected chi connectivity index (χ0v) is 27.9. The van der Waals surface area contributed by atoms with E-state index in [2.05, 4.69) is 17.2 Å². The van der Waals surface area contributed by atoms with E-state index in [-0.39, 0.29) is 27.0 Å². The number of fused-ring (bicyclic) bond motifs is 2. The maximum Gasteiger partial charge on any atom is 0.364 e. The van der Waals surface area contributed by atoms with E-state index in [4.69, 9.17) is 18.1 Å². The molecule has 0 atom stereocenters. The van der Waals surface area contributed by atoms with Crippen molar-refractivity contribution < 1.29 is 31.3 Å². The van der Waals surface area contributed by atoms with E-state index in [1.165, 1.54) is 25.3 Å². The highest BCUT2D eigenvalue weighted by Crippen LogP contribution is 2.40. The number of amides is 1. The molecule has 9 nitrogen and oxygen atoms in total. The van der Waals surface area contributed by atoms with Crippen molar-refractivity contribution in [3.05, 3.63) is 123 Å². The number of hydrogen-bond donors (Lipinski definition) is 1. The van der Waals surface area contributed by atoms with Crippen LogP contribution in [0.1, 0.15) is 58.4 Å². The van der Waals surface area contributed by atoms with Gasteiger partial charge in [0.15, 0.2) is 11.4 Å². The molecule has 10 heteroatoms. The van der Waals surface area contributed by atoms with Crippen LogP contribution in [0.15, 0.2) is 93.0 Å². The van der Waals surface area contributed by atoms with Crippen LogP contribution < -0.4 is 24.6 Å². The van der Waals surface area contributed by atoms with Crippen molar-refractivity contribution >= 4 is 32.7 Å². The first-order valence-electron chi connectivity index (χ1n) is 15.2. The third kappa shape index (κ3) is 6.50. The summed E-state index contributed by atoms with van der Waals surface area (Å²) in [7, 11) is -3.04. The van der Waals surface area contributed by atoms with Crippen molar-refractivity contribution in [3.8, 4) is 29.1 Å². The van der Waals surface area contributed by atoms with Crippen LogP contribution in [0.3, 0.4) is 0 Å². The topological polar surface area (TPSA) is 121 Å². The number of anilines is 1. The Bertz CT molecular complexity index is 2300. The SMILES string of the molecule is COc1c(C#Cc2ccccc2)cc2c(OS(=O)(=O)c3ccc(C)cc3)c(NC(=O)c3ccc4c(c3)CCC(C)(C)O4)c(=O)oc2c1C. The molecule has 6 rings (SSSR count). The predicted octanol–water partition coefficient (Wildman–Crippen LogP) is 6.94. The molecule has 48 heavy (non-hydrogen) atoms. The lowest BCUT2D eigenvalue weighted by Crippen LogP contribution is -2.32. The number of nitrogens with one attached hydrogen (secondary N) is 1. The van der Waals surface area contributed by atoms with Gasteiger partial charge in [-0.15, -0.1) is 0 Å². The van der Waals surface area contributed by atoms with Crippen LogP contribution in [-0.2, 0) is 16.5 Å². The van der Waals surface area contributed by atoms with Crippen LogP contribution >= 0.6 is 0 Å². The fraction of sp³-hybridized carbons (Fsp3) is 0.211. The standard InChI is InChI=1S/C38H33NO8S/c1-23-11-16-29(17-12-23)48(42,43)47-35-30-22-27(14-13-25-9-7-6-8-10-25)33(44-5)24(2)34(30)45-37(41)32(35)39-36(40)28-15-18-31-26(21-28)19-20-38(3,4)46-31/h6-12,15-18,21-22H,19-20H2,1-5H3,(H,39,40). The fourth-order valence-electron chi connectivity index (χ4n) is 5.51. The molecule has 244 valence electrons. The molecule has 5 aromatic rings. The summed E-state index contributed by atoms with van der Waals surface area (Å²) in [6.45, 7) is 7.48. The molecule has 0 aliphatic carbocycles. The van der Waals surface area contributed by atoms with Gasteiger partial charge in [-0.2, -0.15) is 8.42 Å². The number of benzene rings is 4. The predicted molar refractivity (Wildman–Crippen MR) is 183 cm³/mol. The third-order valence-electron chi connectivity index (χ3n) is 8.10. The molecule has 0 fully saturated rings. The molecule has 1 N–H and O–H groups in total. The van der Waals surface area contributed by atoms with Crippen LogP contribution in [0.25, 0.3) is 11.0 Å². The molecule has 0 radical (unpaired) electrons. The number of rotatable bonds is 6. The molecule has 4 aromatic carbocycles. The summed E-state index contributed by atoms with van der Waals surface area (Å²) < 4.78 is 50.5. The van der Waals surface area contributed by atoms with E-state index >= 15 is 0 Å². The van der Waals surface area contributed by atoms with Gasteiger partial charge in [0.2, 0.25) is 0 Å². The maximum absolute atomic E-state index is 13.7. The number of ether oxygens (including phenoxy) is 2. The molecule has 1 aliphatic heterocycles. The number of methoxy groups -OCH3 is 1. The van der Waals surface area contributed by atoms with Gasteiger partial charge in [-0.25, -0.2) is 4.79 Å². The van der Waals surface area contributed by atoms with Crippen LogP contribution in [-0.4, -0.2) is 27.0 Å². The lowest BCUT2D eigenvalue weighted by Gasteiger charge is -2.32. The summed E-state index contributed by atoms with van der Waals surface area (Å²) in [6.07, 6.45) is 1.45. The average Bonchev–Trinajstić information content (AvgIpc) is 3.05. The Kier molecular flexibility index (Phi) is 8.50. The van der Waals surface area contributed by atoms with Gasteiger partial charge in [-0.3, -0.25) is 4.79 Å². The number of hydrogen-bond acceptors (Lipinski definition) is 8. The van der Waals surface area contributed by atoms with E-state index in [0.717, 1.165) is 23.1 Å². The highest BCUT2D eigenvalue weighted by atomic mass is 32.2. The molecule has 1 amide bonds. The fourth-order valence-corrected chi connectivity index (χ4v) is 6.47. The van der Waals surface area contributed by atoms with Crippen molar-refractivity contribution in [1.82, 2.24) is 0 Å². The van der Waals surface area contributed by atoms with Crippen LogP contribution in [0, 0.1) is 25.7 Å². The van der Waals surface area contributed by atoms with E-state index in [0.29, 0.717) is 29.0 Å². The summed E-state index contributed by atoms with van der Waals surface area (Å²) in [6, 6.07) is 21.8. The minimum atomic E-state index is -4.50. The second-order valence-corrected chi connectivity index (χ2v) is 13.7. The lowest BCUT2D eigenvalue weighted by atomic mass is 9.93. The zero-order chi connectivity index (χ0) is 34.2. The van der Waals surface area contributed by atoms with Crippen molar-refractivity contribution in [3.63, 3.8) is 0 Å². The lowest BCUT2D eigenvalue weighted by molar-refractivity contribution is 0.0846. The Balaban J connectivity index is 1.51. The summed E-state index contributed by atoms with van der Waals surface area (Å²) >= 11 is 0. The van der Waals surface area contributed by atoms with Crippen LogP contribution in [0.5, 0.6) is 17.2 Å². The largest absolute Gasteiger partial charge is 0.495 e. The van der Waals surface area contributed by atoms with Crippen molar-refractivity contribution in [1.29, 1.82) is 0 Å². The van der Waals surface area contributed by atoms with Crippen molar-refractivity contribution in [2.75, 3.05) is 12.4 Å². The first-order chi connectivity index (χ1) is 22.8. The molecule has 2 heterocycles. The molecule has 0 saturated heterocycles. The van der Waals surface area contributed by atoms with Crippen molar-refractivity contribution in [2.45, 2.75) is 51.0 Å². The quantitative estimate of drug-likeness (QED) is 0.118. The summed E-state index contributed by atoms with van der Waals surface area (Å²) in [5, 5.41) is 2.67. The minimum absolute atomic E-state index is 0.0164. The third-order valence-corrected chi connectivity index (χ3v) is 9.33. The van der Waals surface area contributed by atoms with Gasteiger partial charge in [0.05, 0.1) is 18.1 Å². The number of carbonyl (C=O) groups excluding carboxylic acids is 1. The Morgan fingerprint density at radius 2 is 1.67 bits per heavy atom. The van der Waals surface area contributed by atoms with Gasteiger partial charge in [-0.05, 0) is 94.6 Å². The van der Waals surface area contributed by atoms with E-state index in [1.54, 1.807) is 37.3 Å². The molecular weight excluding hydrogens is 630 g/mol. The van der Waals surface area contributed by atoms with Gasteiger partial charge in [0.25, 0.3) is 5.91 Å². The summed E-state index contributed by atoms with van der Waals surface area (Å²) in [4.78, 5) is 27.1. The first-order valence-corrected chi connectivity index (χ1v) is 16.7. The summed E-state index contributed by atoms with van der Waals surface area (Å²) in [5.74, 6) is 6.08. The van der Waals surface area contributed by atoms with Crippen LogP contribution in [0.2, 0.25) is 0 Å².